The summed E-state index contributed by atoms with van der Waals surface area (Å²) >= 11 is 0. The van der Waals surface area contributed by atoms with Crippen LogP contribution in [0.5, 0.6) is 0 Å². The molecule has 9 heteroatoms. The summed E-state index contributed by atoms with van der Waals surface area (Å²) in [5.41, 5.74) is 10.4. The lowest BCUT2D eigenvalue weighted by Gasteiger charge is -2.20. The van der Waals surface area contributed by atoms with Crippen LogP contribution in [0.4, 0.5) is 11.4 Å². The molecule has 190 valence electrons. The Morgan fingerprint density at radius 1 is 1.03 bits per heavy atom. The number of nitrogens with two attached hydrogens (primary N) is 1. The summed E-state index contributed by atoms with van der Waals surface area (Å²) in [7, 11) is 0. The number of carbonyl (C=O) groups excluding carboxylic acids is 3. The van der Waals surface area contributed by atoms with E-state index in [1.54, 1.807) is 26.0 Å². The Hall–Kier alpha value is -4.32. The number of hydrogen-bond donors (Lipinski definition) is 4. The number of nitrogens with zero attached hydrogens (tertiary/aromatic N) is 1. The maximum absolute atomic E-state index is 12.7. The maximum atomic E-state index is 12.7. The number of hydrogen-bond acceptors (Lipinski definition) is 7. The lowest BCUT2D eigenvalue weighted by Crippen LogP contribution is -2.43. The highest BCUT2D eigenvalue weighted by atomic mass is 16.5. The normalized spacial score (nSPS) is 10.0. The molecule has 2 aromatic rings. The van der Waals surface area contributed by atoms with Crippen LogP contribution in [0.1, 0.15) is 42.5 Å². The highest BCUT2D eigenvalue weighted by Crippen LogP contribution is 2.20. The Labute approximate surface area is 211 Å². The number of carbonyl (C=O) groups is 3. The van der Waals surface area contributed by atoms with Gasteiger partial charge < -0.3 is 21.1 Å². The van der Waals surface area contributed by atoms with Gasteiger partial charge in [0.05, 0.1) is 19.7 Å². The van der Waals surface area contributed by atoms with E-state index in [1.165, 1.54) is 0 Å². The van der Waals surface area contributed by atoms with Crippen molar-refractivity contribution in [3.8, 4) is 11.8 Å². The molecule has 0 aromatic heterocycles. The Morgan fingerprint density at radius 3 is 2.33 bits per heavy atom. The van der Waals surface area contributed by atoms with Crippen molar-refractivity contribution in [1.82, 2.24) is 4.90 Å². The van der Waals surface area contributed by atoms with E-state index in [0.29, 0.717) is 12.1 Å². The van der Waals surface area contributed by atoms with Crippen LogP contribution in [0.2, 0.25) is 0 Å². The van der Waals surface area contributed by atoms with E-state index in [-0.39, 0.29) is 25.4 Å². The zero-order valence-corrected chi connectivity index (χ0v) is 21.2. The fourth-order valence-electron chi connectivity index (χ4n) is 3.30. The summed E-state index contributed by atoms with van der Waals surface area (Å²) in [5.74, 6) is 4.72. The van der Waals surface area contributed by atoms with Crippen molar-refractivity contribution in [2.24, 2.45) is 5.73 Å². The number of anilines is 2. The quantitative estimate of drug-likeness (QED) is 0.174. The first-order valence-electron chi connectivity index (χ1n) is 11.7. The van der Waals surface area contributed by atoms with Gasteiger partial charge >= 0.3 is 5.97 Å². The van der Waals surface area contributed by atoms with Gasteiger partial charge in [0.15, 0.2) is 0 Å². The van der Waals surface area contributed by atoms with Crippen molar-refractivity contribution in [3.05, 3.63) is 58.7 Å². The van der Waals surface area contributed by atoms with Crippen LogP contribution >= 0.6 is 0 Å². The topological polar surface area (TPSA) is 138 Å². The van der Waals surface area contributed by atoms with Crippen LogP contribution in [-0.2, 0) is 19.1 Å². The number of benzene rings is 2. The van der Waals surface area contributed by atoms with Crippen molar-refractivity contribution in [1.29, 1.82) is 5.41 Å². The number of esters is 1. The third-order valence-electron chi connectivity index (χ3n) is 5.30. The second-order valence-corrected chi connectivity index (χ2v) is 8.01. The minimum atomic E-state index is -0.620. The summed E-state index contributed by atoms with van der Waals surface area (Å²) < 4.78 is 4.87. The summed E-state index contributed by atoms with van der Waals surface area (Å²) in [6, 6.07) is 11.1. The van der Waals surface area contributed by atoms with Gasteiger partial charge in [0.25, 0.3) is 0 Å². The van der Waals surface area contributed by atoms with Crippen LogP contribution in [0.25, 0.3) is 0 Å². The van der Waals surface area contributed by atoms with Crippen molar-refractivity contribution in [3.63, 3.8) is 0 Å². The first-order chi connectivity index (χ1) is 17.2. The molecule has 0 bridgehead atoms. The summed E-state index contributed by atoms with van der Waals surface area (Å²) in [5, 5.41) is 13.7. The third kappa shape index (κ3) is 8.17. The fraction of sp³-hybridized carbons (Fsp3) is 0.333. The average molecular weight is 492 g/mol. The summed E-state index contributed by atoms with van der Waals surface area (Å²) in [4.78, 5) is 37.5. The molecule has 0 aliphatic heterocycles. The molecule has 0 fully saturated rings. The Kier molecular flexibility index (Phi) is 10.5. The van der Waals surface area contributed by atoms with Gasteiger partial charge in [-0.3, -0.25) is 24.7 Å². The Bertz CT molecular complexity index is 1180. The van der Waals surface area contributed by atoms with Crippen molar-refractivity contribution < 1.29 is 19.1 Å². The predicted octanol–water partition coefficient (Wildman–Crippen LogP) is 2.79. The van der Waals surface area contributed by atoms with E-state index in [1.807, 2.05) is 38.1 Å². The molecule has 0 radical (unpaired) electrons. The van der Waals surface area contributed by atoms with E-state index in [0.717, 1.165) is 33.0 Å². The van der Waals surface area contributed by atoms with Gasteiger partial charge in [-0.2, -0.15) is 0 Å². The number of amidine groups is 1. The second-order valence-electron chi connectivity index (χ2n) is 8.01. The van der Waals surface area contributed by atoms with Gasteiger partial charge in [0.1, 0.15) is 12.4 Å². The molecule has 0 unspecified atom stereocenters. The molecule has 0 atom stereocenters. The number of nitrogen functional groups attached to an aromatic ring is 1. The molecule has 0 saturated heterocycles. The average Bonchev–Trinajstić information content (AvgIpc) is 2.85. The van der Waals surface area contributed by atoms with Crippen molar-refractivity contribution in [2.75, 3.05) is 36.9 Å². The smallest absolute Gasteiger partial charge is 0.326 e. The largest absolute Gasteiger partial charge is 0.465 e. The van der Waals surface area contributed by atoms with E-state index < -0.39 is 24.3 Å². The Balaban J connectivity index is 2.00. The summed E-state index contributed by atoms with van der Waals surface area (Å²) in [6.45, 7) is 7.21. The van der Waals surface area contributed by atoms with Crippen LogP contribution in [0.15, 0.2) is 36.4 Å². The molecule has 0 saturated carbocycles. The van der Waals surface area contributed by atoms with E-state index >= 15 is 0 Å². The molecule has 2 rings (SSSR count). The lowest BCUT2D eigenvalue weighted by molar-refractivity contribution is -0.154. The SMILES string of the molecule is CCOC(=O)CN(C(=O)CC)C(=O)CNc1cc(C)c(C#CCNc2ccc(C(=N)N)cc2)cc1C. The van der Waals surface area contributed by atoms with Crippen LogP contribution < -0.4 is 16.4 Å². The second kappa shape index (κ2) is 13.5. The molecule has 0 aliphatic carbocycles. The van der Waals surface area contributed by atoms with E-state index in [4.69, 9.17) is 15.9 Å². The molecule has 0 aliphatic rings. The van der Waals surface area contributed by atoms with Gasteiger partial charge in [-0.1, -0.05) is 18.8 Å². The van der Waals surface area contributed by atoms with Crippen molar-refractivity contribution >= 4 is 35.0 Å². The van der Waals surface area contributed by atoms with Gasteiger partial charge in [-0.15, -0.1) is 0 Å². The molecule has 2 amide bonds. The van der Waals surface area contributed by atoms with E-state index in [9.17, 15) is 14.4 Å². The molecule has 36 heavy (non-hydrogen) atoms. The highest BCUT2D eigenvalue weighted by molar-refractivity contribution is 5.99. The molecule has 5 N–H and O–H groups in total. The number of imide groups is 1. The van der Waals surface area contributed by atoms with Gasteiger partial charge in [0, 0.05) is 28.9 Å². The van der Waals surface area contributed by atoms with E-state index in [2.05, 4.69) is 22.5 Å². The fourth-order valence-corrected chi connectivity index (χ4v) is 3.30. The number of amides is 2. The zero-order chi connectivity index (χ0) is 26.7. The minimum absolute atomic E-state index is 0.0259. The van der Waals surface area contributed by atoms with Crippen LogP contribution in [0.3, 0.4) is 0 Å². The van der Waals surface area contributed by atoms with Gasteiger partial charge in [-0.05, 0) is 68.3 Å². The van der Waals surface area contributed by atoms with Crippen molar-refractivity contribution in [2.45, 2.75) is 34.1 Å². The number of aryl methyl sites for hydroxylation is 2. The first-order valence-corrected chi connectivity index (χ1v) is 11.7. The molecule has 2 aromatic carbocycles. The monoisotopic (exact) mass is 491 g/mol. The van der Waals surface area contributed by atoms with Crippen LogP contribution in [-0.4, -0.2) is 54.8 Å². The zero-order valence-electron chi connectivity index (χ0n) is 21.2. The minimum Gasteiger partial charge on any atom is -0.465 e. The highest BCUT2D eigenvalue weighted by Gasteiger charge is 2.23. The first kappa shape index (κ1) is 27.9. The third-order valence-corrected chi connectivity index (χ3v) is 5.30. The molecule has 0 spiro atoms. The molecule has 9 nitrogen and oxygen atoms in total. The maximum Gasteiger partial charge on any atom is 0.326 e. The van der Waals surface area contributed by atoms with Crippen LogP contribution in [0, 0.1) is 31.1 Å². The molecule has 0 heterocycles. The lowest BCUT2D eigenvalue weighted by atomic mass is 10.0. The molecular formula is C27H33N5O4. The summed E-state index contributed by atoms with van der Waals surface area (Å²) in [6.07, 6.45) is 0.106. The number of ether oxygens (including phenoxy) is 1. The predicted molar refractivity (Wildman–Crippen MR) is 141 cm³/mol. The van der Waals surface area contributed by atoms with Gasteiger partial charge in [-0.25, -0.2) is 0 Å². The Morgan fingerprint density at radius 2 is 1.72 bits per heavy atom. The standard InChI is InChI=1S/C27H33N5O4/c1-5-24(33)32(17-26(35)36-6-2)25(34)16-31-23-15-18(3)21(14-19(23)4)8-7-13-30-22-11-9-20(10-12-22)27(28)29/h9-12,14-15,30-31H,5-6,13,16-17H2,1-4H3,(H3,28,29). The molecular weight excluding hydrogens is 458 g/mol. The van der Waals surface area contributed by atoms with Gasteiger partial charge in [0.2, 0.25) is 11.8 Å². The number of rotatable bonds is 10. The number of nitrogens with one attached hydrogen (secondary N) is 3.